The van der Waals surface area contributed by atoms with Gasteiger partial charge in [0, 0.05) is 49.1 Å². The summed E-state index contributed by atoms with van der Waals surface area (Å²) in [7, 11) is 0. The Bertz CT molecular complexity index is 962. The van der Waals surface area contributed by atoms with E-state index in [4.69, 9.17) is 10.5 Å². The average molecular weight is 442 g/mol. The maximum Gasteiger partial charge on any atom is 0.305 e. The lowest BCUT2D eigenvalue weighted by Gasteiger charge is -2.28. The van der Waals surface area contributed by atoms with Crippen LogP contribution in [0.3, 0.4) is 0 Å². The number of halogens is 1. The van der Waals surface area contributed by atoms with Crippen LogP contribution < -0.4 is 5.73 Å². The van der Waals surface area contributed by atoms with Crippen LogP contribution in [0.1, 0.15) is 44.4 Å². The first-order chi connectivity index (χ1) is 15.5. The van der Waals surface area contributed by atoms with E-state index in [0.717, 1.165) is 56.3 Å². The fraction of sp³-hybridized carbons (Fsp3) is 0.423. The SMILES string of the molecule is C=C.CCOC(=O)CCCN1CCc2c(c3cc(F)ccc3n2C/C(C)=C/C/C=C\N)C1. The highest BCUT2D eigenvalue weighted by molar-refractivity contribution is 5.86. The Hall–Kier alpha value is -2.86. The molecular formula is C26H36FN3O2. The van der Waals surface area contributed by atoms with Crippen molar-refractivity contribution in [2.45, 2.75) is 52.6 Å². The molecule has 2 N–H and O–H groups in total. The Morgan fingerprint density at radius 3 is 2.84 bits per heavy atom. The van der Waals surface area contributed by atoms with Crippen LogP contribution in [0.4, 0.5) is 4.39 Å². The van der Waals surface area contributed by atoms with Gasteiger partial charge in [0.2, 0.25) is 0 Å². The minimum atomic E-state index is -0.206. The molecule has 0 spiro atoms. The standard InChI is InChI=1S/C24H32FN3O2.C2H4/c1-3-30-24(29)8-6-13-27-14-11-23-21(17-27)20-15-19(25)9-10-22(20)28(23)16-18(2)7-4-5-12-26;1-2/h5,7,9-10,12,15H,3-4,6,8,11,13-14,16-17,26H2,1-2H3;1-2H2/b12-5-,18-7+;. The molecule has 0 saturated heterocycles. The summed E-state index contributed by atoms with van der Waals surface area (Å²) < 4.78 is 21.4. The zero-order chi connectivity index (χ0) is 23.5. The normalized spacial score (nSPS) is 14.3. The van der Waals surface area contributed by atoms with E-state index in [0.29, 0.717) is 13.0 Å². The van der Waals surface area contributed by atoms with E-state index < -0.39 is 0 Å². The molecule has 1 aliphatic heterocycles. The number of carbonyl (C=O) groups excluding carboxylic acids is 1. The summed E-state index contributed by atoms with van der Waals surface area (Å²) in [5.41, 5.74) is 10.3. The van der Waals surface area contributed by atoms with Gasteiger partial charge in [0.25, 0.3) is 0 Å². The van der Waals surface area contributed by atoms with E-state index >= 15 is 0 Å². The minimum Gasteiger partial charge on any atom is -0.466 e. The highest BCUT2D eigenvalue weighted by Crippen LogP contribution is 2.32. The highest BCUT2D eigenvalue weighted by atomic mass is 19.1. The number of allylic oxidation sites excluding steroid dienone is 3. The smallest absolute Gasteiger partial charge is 0.305 e. The number of benzene rings is 1. The number of hydrogen-bond acceptors (Lipinski definition) is 4. The first-order valence-electron chi connectivity index (χ1n) is 11.2. The van der Waals surface area contributed by atoms with Crippen LogP contribution in [0.5, 0.6) is 0 Å². The minimum absolute atomic E-state index is 0.138. The van der Waals surface area contributed by atoms with E-state index in [2.05, 4.69) is 35.6 Å². The molecule has 6 heteroatoms. The molecule has 0 unspecified atom stereocenters. The van der Waals surface area contributed by atoms with Crippen molar-refractivity contribution in [2.24, 2.45) is 5.73 Å². The number of rotatable bonds is 9. The number of esters is 1. The van der Waals surface area contributed by atoms with Gasteiger partial charge in [0.15, 0.2) is 0 Å². The first-order valence-corrected chi connectivity index (χ1v) is 11.2. The summed E-state index contributed by atoms with van der Waals surface area (Å²) in [6.45, 7) is 13.7. The van der Waals surface area contributed by atoms with Crippen LogP contribution >= 0.6 is 0 Å². The molecule has 1 aromatic heterocycles. The predicted molar refractivity (Wildman–Crippen MR) is 130 cm³/mol. The van der Waals surface area contributed by atoms with E-state index in [9.17, 15) is 9.18 Å². The molecule has 3 rings (SSSR count). The Balaban J connectivity index is 0.00000176. The monoisotopic (exact) mass is 441 g/mol. The van der Waals surface area contributed by atoms with Crippen molar-refractivity contribution in [1.29, 1.82) is 0 Å². The van der Waals surface area contributed by atoms with Gasteiger partial charge in [-0.05, 0) is 63.2 Å². The second kappa shape index (κ2) is 12.9. The van der Waals surface area contributed by atoms with Gasteiger partial charge in [-0.25, -0.2) is 4.39 Å². The topological polar surface area (TPSA) is 60.5 Å². The lowest BCUT2D eigenvalue weighted by molar-refractivity contribution is -0.143. The summed E-state index contributed by atoms with van der Waals surface area (Å²) in [6, 6.07) is 5.09. The fourth-order valence-corrected chi connectivity index (χ4v) is 4.19. The maximum atomic E-state index is 14.0. The van der Waals surface area contributed by atoms with Gasteiger partial charge in [-0.3, -0.25) is 9.69 Å². The molecule has 2 aromatic rings. The Morgan fingerprint density at radius 1 is 1.34 bits per heavy atom. The van der Waals surface area contributed by atoms with Crippen LogP contribution in [0.25, 0.3) is 10.9 Å². The van der Waals surface area contributed by atoms with Crippen molar-refractivity contribution < 1.29 is 13.9 Å². The number of carbonyl (C=O) groups is 1. The summed E-state index contributed by atoms with van der Waals surface area (Å²) in [5.74, 6) is -0.345. The number of nitrogens with two attached hydrogens (primary N) is 1. The molecular weight excluding hydrogens is 405 g/mol. The Labute approximate surface area is 191 Å². The fourth-order valence-electron chi connectivity index (χ4n) is 4.19. The van der Waals surface area contributed by atoms with Crippen molar-refractivity contribution in [3.8, 4) is 0 Å². The van der Waals surface area contributed by atoms with Crippen molar-refractivity contribution >= 4 is 16.9 Å². The van der Waals surface area contributed by atoms with E-state index in [1.54, 1.807) is 12.3 Å². The summed E-state index contributed by atoms with van der Waals surface area (Å²) in [4.78, 5) is 13.9. The van der Waals surface area contributed by atoms with Crippen molar-refractivity contribution in [1.82, 2.24) is 9.47 Å². The quantitative estimate of drug-likeness (QED) is 0.435. The van der Waals surface area contributed by atoms with Gasteiger partial charge in [-0.1, -0.05) is 17.7 Å². The van der Waals surface area contributed by atoms with E-state index in [-0.39, 0.29) is 11.8 Å². The molecule has 0 radical (unpaired) electrons. The van der Waals surface area contributed by atoms with Crippen LogP contribution in [0.15, 0.2) is 55.3 Å². The largest absolute Gasteiger partial charge is 0.466 e. The van der Waals surface area contributed by atoms with Crippen LogP contribution in [0.2, 0.25) is 0 Å². The zero-order valence-electron chi connectivity index (χ0n) is 19.4. The molecule has 32 heavy (non-hydrogen) atoms. The third kappa shape index (κ3) is 6.57. The van der Waals surface area contributed by atoms with Crippen LogP contribution in [-0.4, -0.2) is 35.1 Å². The van der Waals surface area contributed by atoms with Crippen molar-refractivity contribution in [3.05, 3.63) is 72.4 Å². The van der Waals surface area contributed by atoms with Gasteiger partial charge < -0.3 is 15.0 Å². The number of fused-ring (bicyclic) bond motifs is 3. The second-order valence-corrected chi connectivity index (χ2v) is 7.82. The van der Waals surface area contributed by atoms with Gasteiger partial charge >= 0.3 is 5.97 Å². The van der Waals surface area contributed by atoms with Gasteiger partial charge in [-0.2, -0.15) is 0 Å². The summed E-state index contributed by atoms with van der Waals surface area (Å²) >= 11 is 0. The maximum absolute atomic E-state index is 14.0. The van der Waals surface area contributed by atoms with Crippen molar-refractivity contribution in [3.63, 3.8) is 0 Å². The van der Waals surface area contributed by atoms with Crippen LogP contribution in [-0.2, 0) is 29.0 Å². The Kier molecular flexibility index (Phi) is 10.2. The molecule has 0 saturated carbocycles. The molecule has 174 valence electrons. The molecule has 5 nitrogen and oxygen atoms in total. The third-order valence-electron chi connectivity index (χ3n) is 5.60. The van der Waals surface area contributed by atoms with Crippen molar-refractivity contribution in [2.75, 3.05) is 19.7 Å². The third-order valence-corrected chi connectivity index (χ3v) is 5.60. The molecule has 0 aliphatic carbocycles. The number of hydrogen-bond donors (Lipinski definition) is 1. The molecule has 1 aromatic carbocycles. The molecule has 0 fully saturated rings. The van der Waals surface area contributed by atoms with Gasteiger partial charge in [-0.15, -0.1) is 13.2 Å². The zero-order valence-corrected chi connectivity index (χ0v) is 19.4. The highest BCUT2D eigenvalue weighted by Gasteiger charge is 2.24. The van der Waals surface area contributed by atoms with Crippen LogP contribution in [0, 0.1) is 5.82 Å². The van der Waals surface area contributed by atoms with Gasteiger partial charge in [0.05, 0.1) is 6.61 Å². The molecule has 0 atom stereocenters. The average Bonchev–Trinajstić information content (AvgIpc) is 3.08. The first kappa shape index (κ1) is 25.4. The molecule has 2 heterocycles. The van der Waals surface area contributed by atoms with Gasteiger partial charge in [0.1, 0.15) is 5.82 Å². The lowest BCUT2D eigenvalue weighted by atomic mass is 10.0. The summed E-state index contributed by atoms with van der Waals surface area (Å²) in [5, 5.41) is 0.995. The summed E-state index contributed by atoms with van der Waals surface area (Å²) in [6.07, 6.45) is 8.61. The second-order valence-electron chi connectivity index (χ2n) is 7.82. The number of ether oxygens (including phenoxy) is 1. The van der Waals surface area contributed by atoms with E-state index in [1.807, 2.05) is 19.1 Å². The molecule has 1 aliphatic rings. The Morgan fingerprint density at radius 2 is 2.12 bits per heavy atom. The number of aromatic nitrogens is 1. The number of nitrogens with zero attached hydrogens (tertiary/aromatic N) is 2. The molecule has 0 amide bonds. The predicted octanol–water partition coefficient (Wildman–Crippen LogP) is 5.09. The lowest BCUT2D eigenvalue weighted by Crippen LogP contribution is -2.32. The van der Waals surface area contributed by atoms with E-state index in [1.165, 1.54) is 22.9 Å². The molecule has 0 bridgehead atoms.